The van der Waals surface area contributed by atoms with Gasteiger partial charge in [0.05, 0.1) is 12.8 Å². The maximum atomic E-state index is 11.5. The number of hydrogen-bond acceptors (Lipinski definition) is 5. The molecule has 0 aliphatic heterocycles. The Morgan fingerprint density at radius 2 is 1.95 bits per heavy atom. The number of anilines is 1. The molecule has 0 bridgehead atoms. The number of amides is 3. The number of rotatable bonds is 5. The van der Waals surface area contributed by atoms with Crippen LogP contribution >= 0.6 is 0 Å². The van der Waals surface area contributed by atoms with Crippen LogP contribution in [0, 0.1) is 0 Å². The van der Waals surface area contributed by atoms with Crippen molar-refractivity contribution in [2.75, 3.05) is 12.3 Å². The summed E-state index contributed by atoms with van der Waals surface area (Å²) in [6, 6.07) is 9.40. The van der Waals surface area contributed by atoms with Crippen LogP contribution in [0.4, 0.5) is 10.5 Å². The number of benzene rings is 1. The Morgan fingerprint density at radius 3 is 2.62 bits per heavy atom. The molecule has 3 amide bonds. The lowest BCUT2D eigenvalue weighted by atomic mass is 10.3. The first-order chi connectivity index (χ1) is 10.1. The number of furan rings is 1. The quantitative estimate of drug-likeness (QED) is 0.718. The molecule has 110 valence electrons. The number of nitrogens with two attached hydrogens (primary N) is 1. The zero-order valence-corrected chi connectivity index (χ0v) is 11.2. The lowest BCUT2D eigenvalue weighted by Crippen LogP contribution is -2.41. The fraction of sp³-hybridized carbons (Fsp3) is 0.143. The highest BCUT2D eigenvalue weighted by Crippen LogP contribution is 2.12. The molecule has 0 unspecified atom stereocenters. The third-order valence-electron chi connectivity index (χ3n) is 2.51. The molecule has 21 heavy (non-hydrogen) atoms. The van der Waals surface area contributed by atoms with E-state index in [1.54, 1.807) is 36.4 Å². The maximum absolute atomic E-state index is 11.5. The molecule has 1 heterocycles. The second kappa shape index (κ2) is 6.99. The minimum absolute atomic E-state index is 0.199. The first kappa shape index (κ1) is 14.4. The number of nitrogens with one attached hydrogen (secondary N) is 2. The molecule has 2 aromatic rings. The highest BCUT2D eigenvalue weighted by Gasteiger charge is 2.08. The largest absolute Gasteiger partial charge is 0.484 e. The predicted molar refractivity (Wildman–Crippen MR) is 75.4 cm³/mol. The Hall–Kier alpha value is -2.96. The fourth-order valence-electron chi connectivity index (χ4n) is 1.50. The molecule has 2 rings (SSSR count). The molecule has 7 nitrogen and oxygen atoms in total. The summed E-state index contributed by atoms with van der Waals surface area (Å²) in [5.74, 6) is 0.537. The second-order valence-electron chi connectivity index (χ2n) is 4.17. The van der Waals surface area contributed by atoms with Gasteiger partial charge in [0.15, 0.2) is 6.61 Å². The van der Waals surface area contributed by atoms with Gasteiger partial charge in [-0.1, -0.05) is 0 Å². The van der Waals surface area contributed by atoms with E-state index in [4.69, 9.17) is 14.9 Å². The SMILES string of the molecule is Nc1ccc(OCC(=O)NC(=O)NCc2ccco2)cc1. The first-order valence-electron chi connectivity index (χ1n) is 6.22. The third-order valence-corrected chi connectivity index (χ3v) is 2.51. The molecule has 7 heteroatoms. The zero-order valence-electron chi connectivity index (χ0n) is 11.2. The molecule has 0 aliphatic rings. The lowest BCUT2D eigenvalue weighted by molar-refractivity contribution is -0.122. The summed E-state index contributed by atoms with van der Waals surface area (Å²) in [7, 11) is 0. The monoisotopic (exact) mass is 289 g/mol. The number of hydrogen-bond donors (Lipinski definition) is 3. The summed E-state index contributed by atoms with van der Waals surface area (Å²) in [5.41, 5.74) is 6.13. The van der Waals surface area contributed by atoms with E-state index < -0.39 is 11.9 Å². The molecule has 0 fully saturated rings. The zero-order chi connectivity index (χ0) is 15.1. The third kappa shape index (κ3) is 4.90. The van der Waals surface area contributed by atoms with Crippen molar-refractivity contribution in [3.63, 3.8) is 0 Å². The van der Waals surface area contributed by atoms with Crippen LogP contribution in [-0.4, -0.2) is 18.5 Å². The lowest BCUT2D eigenvalue weighted by Gasteiger charge is -2.07. The maximum Gasteiger partial charge on any atom is 0.321 e. The Balaban J connectivity index is 1.68. The van der Waals surface area contributed by atoms with Crippen molar-refractivity contribution in [3.05, 3.63) is 48.4 Å². The van der Waals surface area contributed by atoms with Gasteiger partial charge in [0.1, 0.15) is 11.5 Å². The van der Waals surface area contributed by atoms with Crippen molar-refractivity contribution in [1.29, 1.82) is 0 Å². The average Bonchev–Trinajstić information content (AvgIpc) is 2.98. The van der Waals surface area contributed by atoms with Crippen molar-refractivity contribution >= 4 is 17.6 Å². The number of imide groups is 1. The minimum atomic E-state index is -0.614. The van der Waals surface area contributed by atoms with Gasteiger partial charge in [-0.15, -0.1) is 0 Å². The van der Waals surface area contributed by atoms with Crippen molar-refractivity contribution in [2.24, 2.45) is 0 Å². The average molecular weight is 289 g/mol. The highest BCUT2D eigenvalue weighted by atomic mass is 16.5. The van der Waals surface area contributed by atoms with E-state index in [-0.39, 0.29) is 13.2 Å². The van der Waals surface area contributed by atoms with Gasteiger partial charge in [-0.25, -0.2) is 4.79 Å². The fourth-order valence-corrected chi connectivity index (χ4v) is 1.50. The molecule has 0 saturated carbocycles. The molecule has 0 radical (unpaired) electrons. The summed E-state index contributed by atoms with van der Waals surface area (Å²) in [6.45, 7) is -0.0664. The normalized spacial score (nSPS) is 9.90. The van der Waals surface area contributed by atoms with Gasteiger partial charge >= 0.3 is 6.03 Å². The van der Waals surface area contributed by atoms with E-state index in [1.807, 2.05) is 0 Å². The Kier molecular flexibility index (Phi) is 4.81. The number of carbonyl (C=O) groups excluding carboxylic acids is 2. The summed E-state index contributed by atoms with van der Waals surface area (Å²) in [5, 5.41) is 4.63. The van der Waals surface area contributed by atoms with Crippen molar-refractivity contribution in [1.82, 2.24) is 10.6 Å². The number of ether oxygens (including phenoxy) is 1. The molecule has 1 aromatic heterocycles. The number of carbonyl (C=O) groups is 2. The van der Waals surface area contributed by atoms with E-state index in [1.165, 1.54) is 6.26 Å². The van der Waals surface area contributed by atoms with Crippen LogP contribution in [0.25, 0.3) is 0 Å². The van der Waals surface area contributed by atoms with Crippen LogP contribution in [0.2, 0.25) is 0 Å². The van der Waals surface area contributed by atoms with Gasteiger partial charge in [0.25, 0.3) is 5.91 Å². The van der Waals surface area contributed by atoms with Gasteiger partial charge in [-0.3, -0.25) is 10.1 Å². The van der Waals surface area contributed by atoms with Gasteiger partial charge in [0, 0.05) is 5.69 Å². The van der Waals surface area contributed by atoms with Crippen LogP contribution < -0.4 is 21.1 Å². The molecule has 4 N–H and O–H groups in total. The summed E-state index contributed by atoms with van der Waals surface area (Å²) < 4.78 is 10.2. The van der Waals surface area contributed by atoms with Gasteiger partial charge < -0.3 is 20.2 Å². The van der Waals surface area contributed by atoms with Crippen LogP contribution in [0.3, 0.4) is 0 Å². The highest BCUT2D eigenvalue weighted by molar-refractivity contribution is 5.94. The Bertz CT molecular complexity index is 593. The number of nitrogen functional groups attached to an aromatic ring is 1. The number of urea groups is 1. The topological polar surface area (TPSA) is 107 Å². The van der Waals surface area contributed by atoms with E-state index in [0.717, 1.165) is 0 Å². The molecule has 0 atom stereocenters. The van der Waals surface area contributed by atoms with Crippen LogP contribution in [-0.2, 0) is 11.3 Å². The Morgan fingerprint density at radius 1 is 1.19 bits per heavy atom. The molecule has 0 saturated heterocycles. The van der Waals surface area contributed by atoms with E-state index in [0.29, 0.717) is 17.2 Å². The van der Waals surface area contributed by atoms with Gasteiger partial charge in [-0.2, -0.15) is 0 Å². The molecule has 1 aromatic carbocycles. The minimum Gasteiger partial charge on any atom is -0.484 e. The van der Waals surface area contributed by atoms with Crippen molar-refractivity contribution in [3.8, 4) is 5.75 Å². The summed E-state index contributed by atoms with van der Waals surface area (Å²) in [6.07, 6.45) is 1.50. The van der Waals surface area contributed by atoms with Crippen molar-refractivity contribution < 1.29 is 18.7 Å². The molecule has 0 aliphatic carbocycles. The van der Waals surface area contributed by atoms with Gasteiger partial charge in [0.2, 0.25) is 0 Å². The summed E-state index contributed by atoms with van der Waals surface area (Å²) in [4.78, 5) is 23.0. The first-order valence-corrected chi connectivity index (χ1v) is 6.22. The second-order valence-corrected chi connectivity index (χ2v) is 4.17. The van der Waals surface area contributed by atoms with E-state index >= 15 is 0 Å². The predicted octanol–water partition coefficient (Wildman–Crippen LogP) is 1.27. The molecular formula is C14H15N3O4. The molecule has 0 spiro atoms. The van der Waals surface area contributed by atoms with E-state index in [9.17, 15) is 9.59 Å². The standard InChI is InChI=1S/C14H15N3O4/c15-10-3-5-11(6-4-10)21-9-13(18)17-14(19)16-8-12-2-1-7-20-12/h1-7H,8-9,15H2,(H2,16,17,18,19). The van der Waals surface area contributed by atoms with Crippen LogP contribution in [0.5, 0.6) is 5.75 Å². The smallest absolute Gasteiger partial charge is 0.321 e. The van der Waals surface area contributed by atoms with E-state index in [2.05, 4.69) is 10.6 Å². The van der Waals surface area contributed by atoms with Gasteiger partial charge in [-0.05, 0) is 36.4 Å². The van der Waals surface area contributed by atoms with Crippen LogP contribution in [0.1, 0.15) is 5.76 Å². The summed E-state index contributed by atoms with van der Waals surface area (Å²) >= 11 is 0. The Labute approximate surface area is 121 Å². The van der Waals surface area contributed by atoms with Crippen LogP contribution in [0.15, 0.2) is 47.1 Å². The van der Waals surface area contributed by atoms with Crippen molar-refractivity contribution in [2.45, 2.75) is 6.54 Å². The molecular weight excluding hydrogens is 274 g/mol.